The zero-order chi connectivity index (χ0) is 10.4. The summed E-state index contributed by atoms with van der Waals surface area (Å²) in [6.07, 6.45) is 3.69. The van der Waals surface area contributed by atoms with Gasteiger partial charge in [0.1, 0.15) is 5.76 Å². The van der Waals surface area contributed by atoms with Gasteiger partial charge in [0.2, 0.25) is 0 Å². The summed E-state index contributed by atoms with van der Waals surface area (Å²) in [6, 6.07) is 9.98. The second-order valence-corrected chi connectivity index (χ2v) is 2.90. The molecule has 0 radical (unpaired) electrons. The second kappa shape index (κ2) is 5.07. The molecule has 0 aliphatic rings. The molecule has 72 valence electrons. The van der Waals surface area contributed by atoms with Gasteiger partial charge in [0.25, 0.3) is 0 Å². The van der Waals surface area contributed by atoms with Crippen LogP contribution in [0.5, 0.6) is 0 Å². The fourth-order valence-electron chi connectivity index (χ4n) is 1.01. The van der Waals surface area contributed by atoms with Crippen LogP contribution in [0.2, 0.25) is 0 Å². The molecule has 1 heteroatoms. The van der Waals surface area contributed by atoms with Gasteiger partial charge in [0, 0.05) is 0 Å². The summed E-state index contributed by atoms with van der Waals surface area (Å²) in [5.74, 6) is 0.627. The number of methoxy groups -OCH3 is 1. The van der Waals surface area contributed by atoms with Crippen LogP contribution < -0.4 is 0 Å². The molecule has 0 fully saturated rings. The topological polar surface area (TPSA) is 9.23 Å². The van der Waals surface area contributed by atoms with E-state index in [1.807, 2.05) is 36.4 Å². The predicted octanol–water partition coefficient (Wildman–Crippen LogP) is 3.42. The molecule has 1 aromatic rings. The van der Waals surface area contributed by atoms with Gasteiger partial charge in [-0.25, -0.2) is 0 Å². The van der Waals surface area contributed by atoms with Crippen molar-refractivity contribution in [3.05, 3.63) is 67.0 Å². The zero-order valence-corrected chi connectivity index (χ0v) is 8.36. The lowest BCUT2D eigenvalue weighted by Crippen LogP contribution is -1.80. The molecule has 1 rings (SSSR count). The summed E-state index contributed by atoms with van der Waals surface area (Å²) in [7, 11) is 1.60. The molecule has 0 bridgehead atoms. The average molecular weight is 186 g/mol. The highest BCUT2D eigenvalue weighted by Crippen LogP contribution is 2.13. The first-order valence-electron chi connectivity index (χ1n) is 4.39. The molecule has 0 unspecified atom stereocenters. The molecule has 0 saturated carbocycles. The third-order valence-corrected chi connectivity index (χ3v) is 1.88. The van der Waals surface area contributed by atoms with E-state index in [1.54, 1.807) is 13.2 Å². The molecule has 0 aliphatic heterocycles. The molecule has 0 amide bonds. The second-order valence-electron chi connectivity index (χ2n) is 2.90. The Bertz CT molecular complexity index is 347. The lowest BCUT2D eigenvalue weighted by molar-refractivity contribution is 0.309. The molecule has 0 heterocycles. The fourth-order valence-corrected chi connectivity index (χ4v) is 1.01. The Morgan fingerprint density at radius 1 is 1.14 bits per heavy atom. The van der Waals surface area contributed by atoms with Crippen LogP contribution in [0.25, 0.3) is 5.57 Å². The molecule has 0 N–H and O–H groups in total. The maximum absolute atomic E-state index is 4.91. The third-order valence-electron chi connectivity index (χ3n) is 1.88. The van der Waals surface area contributed by atoms with Crippen LogP contribution in [0.15, 0.2) is 61.4 Å². The summed E-state index contributed by atoms with van der Waals surface area (Å²) in [4.78, 5) is 0. The Balaban J connectivity index is 2.69. The first-order chi connectivity index (χ1) is 6.74. The lowest BCUT2D eigenvalue weighted by atomic mass is 10.1. The van der Waals surface area contributed by atoms with Crippen LogP contribution in [-0.4, -0.2) is 7.11 Å². The predicted molar refractivity (Wildman–Crippen MR) is 60.8 cm³/mol. The molecule has 1 aromatic carbocycles. The van der Waals surface area contributed by atoms with Crippen LogP contribution >= 0.6 is 0 Å². The van der Waals surface area contributed by atoms with Crippen molar-refractivity contribution in [2.24, 2.45) is 0 Å². The highest BCUT2D eigenvalue weighted by molar-refractivity contribution is 5.72. The summed E-state index contributed by atoms with van der Waals surface area (Å²) < 4.78 is 4.91. The van der Waals surface area contributed by atoms with Gasteiger partial charge < -0.3 is 4.74 Å². The minimum absolute atomic E-state index is 0.627. The normalized spacial score (nSPS) is 10.1. The highest BCUT2D eigenvalue weighted by Gasteiger charge is 1.92. The zero-order valence-electron chi connectivity index (χ0n) is 8.36. The molecular formula is C13H14O. The SMILES string of the molecule is C=C(/C=C\C(=C)c1ccccc1)OC. The van der Waals surface area contributed by atoms with Crippen LogP contribution in [0.3, 0.4) is 0 Å². The van der Waals surface area contributed by atoms with Crippen molar-refractivity contribution in [3.63, 3.8) is 0 Å². The van der Waals surface area contributed by atoms with Crippen molar-refractivity contribution in [2.45, 2.75) is 0 Å². The lowest BCUT2D eigenvalue weighted by Gasteiger charge is -2.00. The van der Waals surface area contributed by atoms with Crippen molar-refractivity contribution >= 4 is 5.57 Å². The summed E-state index contributed by atoms with van der Waals surface area (Å²) in [5.41, 5.74) is 2.05. The van der Waals surface area contributed by atoms with E-state index in [1.165, 1.54) is 0 Å². The standard InChI is InChI=1S/C13H14O/c1-11(9-10-12(2)14-3)13-7-5-4-6-8-13/h4-10H,1-2H2,3H3/b10-9-. The van der Waals surface area contributed by atoms with Gasteiger partial charge in [0.15, 0.2) is 0 Å². The van der Waals surface area contributed by atoms with Gasteiger partial charge in [-0.2, -0.15) is 0 Å². The van der Waals surface area contributed by atoms with E-state index in [0.717, 1.165) is 11.1 Å². The molecule has 14 heavy (non-hydrogen) atoms. The van der Waals surface area contributed by atoms with E-state index in [-0.39, 0.29) is 0 Å². The first-order valence-corrected chi connectivity index (χ1v) is 4.39. The highest BCUT2D eigenvalue weighted by atomic mass is 16.5. The minimum Gasteiger partial charge on any atom is -0.497 e. The van der Waals surface area contributed by atoms with Gasteiger partial charge >= 0.3 is 0 Å². The van der Waals surface area contributed by atoms with Gasteiger partial charge in [-0.1, -0.05) is 49.6 Å². The molecule has 0 aromatic heterocycles. The largest absolute Gasteiger partial charge is 0.497 e. The Morgan fingerprint density at radius 2 is 1.79 bits per heavy atom. The molecule has 0 atom stereocenters. The quantitative estimate of drug-likeness (QED) is 0.517. The maximum Gasteiger partial charge on any atom is 0.111 e. The number of ether oxygens (including phenoxy) is 1. The average Bonchev–Trinajstić information content (AvgIpc) is 2.26. The third kappa shape index (κ3) is 2.94. The molecule has 0 saturated heterocycles. The summed E-state index contributed by atoms with van der Waals surface area (Å²) in [5, 5.41) is 0. The van der Waals surface area contributed by atoms with Crippen LogP contribution in [0.1, 0.15) is 5.56 Å². The van der Waals surface area contributed by atoms with E-state index < -0.39 is 0 Å². The van der Waals surface area contributed by atoms with Gasteiger partial charge in [-0.05, 0) is 17.2 Å². The number of benzene rings is 1. The van der Waals surface area contributed by atoms with Crippen molar-refractivity contribution < 1.29 is 4.74 Å². The Kier molecular flexibility index (Phi) is 3.74. The minimum atomic E-state index is 0.627. The maximum atomic E-state index is 4.91. The van der Waals surface area contributed by atoms with E-state index in [9.17, 15) is 0 Å². The van der Waals surface area contributed by atoms with Gasteiger partial charge in [0.05, 0.1) is 7.11 Å². The van der Waals surface area contributed by atoms with Crippen molar-refractivity contribution in [2.75, 3.05) is 7.11 Å². The molecule has 0 aliphatic carbocycles. The molecule has 0 spiro atoms. The number of hydrogen-bond donors (Lipinski definition) is 0. The summed E-state index contributed by atoms with van der Waals surface area (Å²) in [6.45, 7) is 7.64. The Hall–Kier alpha value is -1.76. The number of allylic oxidation sites excluding steroid dienone is 3. The van der Waals surface area contributed by atoms with Crippen molar-refractivity contribution in [3.8, 4) is 0 Å². The van der Waals surface area contributed by atoms with Gasteiger partial charge in [-0.15, -0.1) is 0 Å². The van der Waals surface area contributed by atoms with Crippen molar-refractivity contribution in [1.82, 2.24) is 0 Å². The number of rotatable bonds is 4. The van der Waals surface area contributed by atoms with E-state index >= 15 is 0 Å². The first kappa shape index (κ1) is 10.3. The van der Waals surface area contributed by atoms with Gasteiger partial charge in [-0.3, -0.25) is 0 Å². The Labute approximate surface area is 85.0 Å². The molecular weight excluding hydrogens is 172 g/mol. The fraction of sp³-hybridized carbons (Fsp3) is 0.0769. The number of hydrogen-bond acceptors (Lipinski definition) is 1. The Morgan fingerprint density at radius 3 is 2.36 bits per heavy atom. The molecule has 1 nitrogen and oxygen atoms in total. The van der Waals surface area contributed by atoms with E-state index in [4.69, 9.17) is 4.74 Å². The smallest absolute Gasteiger partial charge is 0.111 e. The van der Waals surface area contributed by atoms with Crippen molar-refractivity contribution in [1.29, 1.82) is 0 Å². The monoisotopic (exact) mass is 186 g/mol. The van der Waals surface area contributed by atoms with Crippen LogP contribution in [-0.2, 0) is 4.74 Å². The van der Waals surface area contributed by atoms with E-state index in [0.29, 0.717) is 5.76 Å². The summed E-state index contributed by atoms with van der Waals surface area (Å²) >= 11 is 0. The van der Waals surface area contributed by atoms with Crippen LogP contribution in [0, 0.1) is 0 Å². The van der Waals surface area contributed by atoms with E-state index in [2.05, 4.69) is 13.2 Å². The van der Waals surface area contributed by atoms with Crippen LogP contribution in [0.4, 0.5) is 0 Å².